The van der Waals surface area contributed by atoms with Crippen LogP contribution in [-0.2, 0) is 18.4 Å². The molecule has 1 heterocycles. The van der Waals surface area contributed by atoms with Gasteiger partial charge in [0.2, 0.25) is 5.91 Å². The van der Waals surface area contributed by atoms with Crippen molar-refractivity contribution in [3.63, 3.8) is 0 Å². The third-order valence-corrected chi connectivity index (χ3v) is 2.72. The van der Waals surface area contributed by atoms with Crippen molar-refractivity contribution in [2.45, 2.75) is 6.54 Å². The van der Waals surface area contributed by atoms with Crippen LogP contribution in [0.4, 0.5) is 5.69 Å². The van der Waals surface area contributed by atoms with Gasteiger partial charge in [-0.1, -0.05) is 12.1 Å². The molecule has 1 N–H and O–H groups in total. The minimum Gasteiger partial charge on any atom is -0.347 e. The van der Waals surface area contributed by atoms with Crippen molar-refractivity contribution in [1.82, 2.24) is 15.1 Å². The number of rotatable bonds is 5. The molecule has 1 aromatic heterocycles. The number of nitrogens with one attached hydrogen (secondary N) is 1. The number of aromatic nitrogens is 2. The van der Waals surface area contributed by atoms with E-state index in [1.807, 2.05) is 6.07 Å². The average molecular weight is 286 g/mol. The van der Waals surface area contributed by atoms with Crippen LogP contribution in [0.3, 0.4) is 0 Å². The Hall–Kier alpha value is -2.96. The van der Waals surface area contributed by atoms with Crippen LogP contribution in [0.5, 0.6) is 0 Å². The summed E-state index contributed by atoms with van der Waals surface area (Å²) in [5.74, 6) is -0.285. The molecule has 0 bridgehead atoms. The molecule has 0 radical (unpaired) electrons. The number of aryl methyl sites for hydroxylation is 1. The van der Waals surface area contributed by atoms with E-state index in [1.54, 1.807) is 30.1 Å². The molecular formula is C14H14N4O3. The normalized spacial score (nSPS) is 10.7. The van der Waals surface area contributed by atoms with Crippen LogP contribution in [0, 0.1) is 10.1 Å². The third kappa shape index (κ3) is 4.27. The molecule has 0 unspecified atom stereocenters. The van der Waals surface area contributed by atoms with E-state index >= 15 is 0 Å². The molecule has 21 heavy (non-hydrogen) atoms. The van der Waals surface area contributed by atoms with Gasteiger partial charge in [-0.2, -0.15) is 5.10 Å². The summed E-state index contributed by atoms with van der Waals surface area (Å²) in [6, 6.07) is 7.88. The van der Waals surface area contributed by atoms with Gasteiger partial charge in [-0.3, -0.25) is 19.6 Å². The Morgan fingerprint density at radius 3 is 2.95 bits per heavy atom. The van der Waals surface area contributed by atoms with E-state index in [4.69, 9.17) is 0 Å². The minimum atomic E-state index is -0.474. The standard InChI is InChI=1S/C14H14N4O3/c1-17-8-7-12(16-17)10-15-14(19)6-5-11-3-2-4-13(9-11)18(20)21/h2-9H,10H2,1H3,(H,15,19)/b6-5+. The zero-order chi connectivity index (χ0) is 15.2. The maximum Gasteiger partial charge on any atom is 0.270 e. The fraction of sp³-hybridized carbons (Fsp3) is 0.143. The van der Waals surface area contributed by atoms with Crippen molar-refractivity contribution < 1.29 is 9.72 Å². The predicted octanol–water partition coefficient (Wildman–Crippen LogP) is 1.66. The van der Waals surface area contributed by atoms with Crippen LogP contribution in [0.2, 0.25) is 0 Å². The fourth-order valence-corrected chi connectivity index (χ4v) is 1.71. The van der Waals surface area contributed by atoms with Gasteiger partial charge in [0.05, 0.1) is 17.2 Å². The Labute approximate surface area is 121 Å². The molecule has 7 nitrogen and oxygen atoms in total. The van der Waals surface area contributed by atoms with Gasteiger partial charge >= 0.3 is 0 Å². The second-order valence-electron chi connectivity index (χ2n) is 4.38. The summed E-state index contributed by atoms with van der Waals surface area (Å²) in [5.41, 5.74) is 1.35. The number of benzene rings is 1. The number of nitro benzene ring substituents is 1. The predicted molar refractivity (Wildman–Crippen MR) is 77.2 cm³/mol. The second kappa shape index (κ2) is 6.47. The largest absolute Gasteiger partial charge is 0.347 e. The van der Waals surface area contributed by atoms with Crippen molar-refractivity contribution in [2.24, 2.45) is 7.05 Å². The number of hydrogen-bond acceptors (Lipinski definition) is 4. The first-order chi connectivity index (χ1) is 10.0. The molecule has 0 fully saturated rings. The van der Waals surface area contributed by atoms with Gasteiger partial charge in [0.25, 0.3) is 5.69 Å². The van der Waals surface area contributed by atoms with Gasteiger partial charge in [-0.15, -0.1) is 0 Å². The lowest BCUT2D eigenvalue weighted by atomic mass is 10.2. The minimum absolute atomic E-state index is 0.00829. The Balaban J connectivity index is 1.92. The van der Waals surface area contributed by atoms with E-state index in [1.165, 1.54) is 24.3 Å². The number of nitrogens with zero attached hydrogens (tertiary/aromatic N) is 3. The summed E-state index contributed by atoms with van der Waals surface area (Å²) < 4.78 is 1.65. The highest BCUT2D eigenvalue weighted by atomic mass is 16.6. The summed E-state index contributed by atoms with van der Waals surface area (Å²) in [7, 11) is 1.80. The first kappa shape index (κ1) is 14.4. The Morgan fingerprint density at radius 2 is 2.29 bits per heavy atom. The van der Waals surface area contributed by atoms with Crippen LogP contribution in [-0.4, -0.2) is 20.6 Å². The Morgan fingerprint density at radius 1 is 1.48 bits per heavy atom. The van der Waals surface area contributed by atoms with Crippen LogP contribution in [0.25, 0.3) is 6.08 Å². The van der Waals surface area contributed by atoms with Crippen LogP contribution in [0.1, 0.15) is 11.3 Å². The highest BCUT2D eigenvalue weighted by molar-refractivity contribution is 5.91. The zero-order valence-corrected chi connectivity index (χ0v) is 11.4. The van der Waals surface area contributed by atoms with Crippen LogP contribution in [0.15, 0.2) is 42.6 Å². The topological polar surface area (TPSA) is 90.1 Å². The molecule has 108 valence electrons. The average Bonchev–Trinajstić information content (AvgIpc) is 2.89. The smallest absolute Gasteiger partial charge is 0.270 e. The monoisotopic (exact) mass is 286 g/mol. The summed E-state index contributed by atoms with van der Waals surface area (Å²) >= 11 is 0. The molecular weight excluding hydrogens is 272 g/mol. The van der Waals surface area contributed by atoms with E-state index in [0.717, 1.165) is 5.69 Å². The summed E-state index contributed by atoms with van der Waals surface area (Å²) in [6.45, 7) is 0.332. The van der Waals surface area contributed by atoms with Crippen molar-refractivity contribution >= 4 is 17.7 Å². The molecule has 0 atom stereocenters. The number of non-ortho nitro benzene ring substituents is 1. The van der Waals surface area contributed by atoms with Crippen molar-refractivity contribution in [2.75, 3.05) is 0 Å². The molecule has 0 saturated heterocycles. The third-order valence-electron chi connectivity index (χ3n) is 2.72. The molecule has 2 rings (SSSR count). The first-order valence-corrected chi connectivity index (χ1v) is 6.23. The molecule has 0 saturated carbocycles. The number of carbonyl (C=O) groups is 1. The molecule has 0 aliphatic rings. The summed E-state index contributed by atoms with van der Waals surface area (Å²) in [6.07, 6.45) is 4.66. The Bertz CT molecular complexity index is 691. The number of nitro groups is 1. The molecule has 2 aromatic rings. The lowest BCUT2D eigenvalue weighted by Crippen LogP contribution is -2.20. The van der Waals surface area contributed by atoms with Gasteiger partial charge in [-0.05, 0) is 17.7 Å². The van der Waals surface area contributed by atoms with Gasteiger partial charge < -0.3 is 5.32 Å². The van der Waals surface area contributed by atoms with Crippen molar-refractivity contribution in [3.8, 4) is 0 Å². The molecule has 1 aromatic carbocycles. The molecule has 0 aliphatic heterocycles. The van der Waals surface area contributed by atoms with E-state index in [2.05, 4.69) is 10.4 Å². The lowest BCUT2D eigenvalue weighted by Gasteiger charge is -1.98. The van der Waals surface area contributed by atoms with Crippen LogP contribution < -0.4 is 5.32 Å². The van der Waals surface area contributed by atoms with Crippen molar-refractivity contribution in [1.29, 1.82) is 0 Å². The summed E-state index contributed by atoms with van der Waals surface area (Å²) in [5, 5.41) is 17.5. The number of hydrogen-bond donors (Lipinski definition) is 1. The molecule has 0 spiro atoms. The number of amides is 1. The Kier molecular flexibility index (Phi) is 4.45. The fourth-order valence-electron chi connectivity index (χ4n) is 1.71. The van der Waals surface area contributed by atoms with Gasteiger partial charge in [0, 0.05) is 31.5 Å². The summed E-state index contributed by atoms with van der Waals surface area (Å²) in [4.78, 5) is 21.8. The van der Waals surface area contributed by atoms with E-state index in [0.29, 0.717) is 12.1 Å². The SMILES string of the molecule is Cn1ccc(CNC(=O)/C=C/c2cccc([N+](=O)[O-])c2)n1. The second-order valence-corrected chi connectivity index (χ2v) is 4.38. The molecule has 7 heteroatoms. The van der Waals surface area contributed by atoms with Gasteiger partial charge in [0.1, 0.15) is 0 Å². The van der Waals surface area contributed by atoms with Gasteiger partial charge in [-0.25, -0.2) is 0 Å². The highest BCUT2D eigenvalue weighted by Gasteiger charge is 2.04. The maximum atomic E-state index is 11.6. The molecule has 0 aliphatic carbocycles. The van der Waals surface area contributed by atoms with Crippen molar-refractivity contribution in [3.05, 3.63) is 64.0 Å². The lowest BCUT2D eigenvalue weighted by molar-refractivity contribution is -0.384. The number of carbonyl (C=O) groups excluding carboxylic acids is 1. The first-order valence-electron chi connectivity index (χ1n) is 6.23. The van der Waals surface area contributed by atoms with Gasteiger partial charge in [0.15, 0.2) is 0 Å². The molecule has 1 amide bonds. The van der Waals surface area contributed by atoms with E-state index in [-0.39, 0.29) is 11.6 Å². The quantitative estimate of drug-likeness (QED) is 0.514. The van der Waals surface area contributed by atoms with E-state index < -0.39 is 4.92 Å². The van der Waals surface area contributed by atoms with E-state index in [9.17, 15) is 14.9 Å². The zero-order valence-electron chi connectivity index (χ0n) is 11.4. The van der Waals surface area contributed by atoms with Crippen LogP contribution >= 0.6 is 0 Å². The maximum absolute atomic E-state index is 11.6. The highest BCUT2D eigenvalue weighted by Crippen LogP contribution is 2.13.